The molecular weight excluding hydrogens is 338 g/mol. The van der Waals surface area contributed by atoms with E-state index >= 15 is 0 Å². The van der Waals surface area contributed by atoms with Gasteiger partial charge in [0, 0.05) is 6.54 Å². The Labute approximate surface area is 154 Å². The summed E-state index contributed by atoms with van der Waals surface area (Å²) in [5.74, 6) is -1.04. The average molecular weight is 367 g/mol. The molecule has 0 bridgehead atoms. The fraction of sp³-hybridized carbons (Fsp3) is 0.778. The van der Waals surface area contributed by atoms with Gasteiger partial charge in [0.05, 0.1) is 0 Å². The van der Waals surface area contributed by atoms with Crippen LogP contribution >= 0.6 is 0 Å². The summed E-state index contributed by atoms with van der Waals surface area (Å²) in [5, 5.41) is 5.43. The van der Waals surface area contributed by atoms with Gasteiger partial charge in [-0.1, -0.05) is 33.6 Å². The van der Waals surface area contributed by atoms with Crippen LogP contribution in [-0.4, -0.2) is 54.0 Å². The fourth-order valence-electron chi connectivity index (χ4n) is 3.51. The predicted octanol–water partition coefficient (Wildman–Crippen LogP) is 1.19. The molecule has 0 radical (unpaired) electrons. The minimum Gasteiger partial charge on any atom is -0.454 e. The quantitative estimate of drug-likeness (QED) is 0.519. The number of nitrogens with one attached hydrogen (secondary N) is 2. The SMILES string of the molecule is CC(C)CCNC(=O)COC(=O)CN1C(=O)NC2(CCCCC2C)C1=O. The smallest absolute Gasteiger partial charge is 0.326 e. The zero-order valence-electron chi connectivity index (χ0n) is 15.8. The Balaban J connectivity index is 1.82. The molecule has 1 aliphatic heterocycles. The van der Waals surface area contributed by atoms with Gasteiger partial charge < -0.3 is 15.4 Å². The first-order valence-electron chi connectivity index (χ1n) is 9.32. The van der Waals surface area contributed by atoms with Gasteiger partial charge in [-0.3, -0.25) is 19.3 Å². The predicted molar refractivity (Wildman–Crippen MR) is 94.0 cm³/mol. The first-order chi connectivity index (χ1) is 12.3. The van der Waals surface area contributed by atoms with Crippen molar-refractivity contribution < 1.29 is 23.9 Å². The Morgan fingerprint density at radius 2 is 2.08 bits per heavy atom. The van der Waals surface area contributed by atoms with Crippen molar-refractivity contribution in [2.75, 3.05) is 19.7 Å². The number of carbonyl (C=O) groups is 4. The second-order valence-corrected chi connectivity index (χ2v) is 7.63. The van der Waals surface area contributed by atoms with Crippen molar-refractivity contribution in [3.63, 3.8) is 0 Å². The molecule has 2 fully saturated rings. The summed E-state index contributed by atoms with van der Waals surface area (Å²) in [6, 6.07) is -0.568. The third-order valence-corrected chi connectivity index (χ3v) is 5.20. The molecule has 8 heteroatoms. The third kappa shape index (κ3) is 4.53. The molecule has 0 aromatic rings. The second-order valence-electron chi connectivity index (χ2n) is 7.63. The lowest BCUT2D eigenvalue weighted by Crippen LogP contribution is -2.54. The number of esters is 1. The van der Waals surface area contributed by atoms with Gasteiger partial charge in [-0.2, -0.15) is 0 Å². The van der Waals surface area contributed by atoms with Gasteiger partial charge in [-0.05, 0) is 31.1 Å². The van der Waals surface area contributed by atoms with E-state index < -0.39 is 36.6 Å². The van der Waals surface area contributed by atoms with E-state index in [9.17, 15) is 19.2 Å². The van der Waals surface area contributed by atoms with Gasteiger partial charge in [-0.25, -0.2) is 4.79 Å². The summed E-state index contributed by atoms with van der Waals surface area (Å²) in [6.45, 7) is 5.66. The molecule has 26 heavy (non-hydrogen) atoms. The van der Waals surface area contributed by atoms with Gasteiger partial charge in [0.15, 0.2) is 6.61 Å². The lowest BCUT2D eigenvalue weighted by atomic mass is 9.73. The number of rotatable bonds is 7. The maximum absolute atomic E-state index is 12.7. The highest BCUT2D eigenvalue weighted by molar-refractivity contribution is 6.09. The van der Waals surface area contributed by atoms with Gasteiger partial charge in [0.25, 0.3) is 11.8 Å². The lowest BCUT2D eigenvalue weighted by Gasteiger charge is -2.36. The summed E-state index contributed by atoms with van der Waals surface area (Å²) in [7, 11) is 0. The van der Waals surface area contributed by atoms with E-state index in [0.29, 0.717) is 18.9 Å². The van der Waals surface area contributed by atoms with Crippen LogP contribution in [0.4, 0.5) is 4.79 Å². The number of urea groups is 1. The molecule has 1 saturated heterocycles. The van der Waals surface area contributed by atoms with E-state index in [1.54, 1.807) is 0 Å². The van der Waals surface area contributed by atoms with Crippen LogP contribution in [0.15, 0.2) is 0 Å². The Morgan fingerprint density at radius 3 is 2.73 bits per heavy atom. The van der Waals surface area contributed by atoms with Gasteiger partial charge >= 0.3 is 12.0 Å². The fourth-order valence-corrected chi connectivity index (χ4v) is 3.51. The molecule has 1 aliphatic carbocycles. The summed E-state index contributed by atoms with van der Waals surface area (Å²) < 4.78 is 4.90. The molecule has 0 aromatic heterocycles. The monoisotopic (exact) mass is 367 g/mol. The Morgan fingerprint density at radius 1 is 1.35 bits per heavy atom. The van der Waals surface area contributed by atoms with Crippen molar-refractivity contribution in [2.45, 2.75) is 58.4 Å². The molecule has 0 aromatic carbocycles. The Kier molecular flexibility index (Phi) is 6.61. The normalized spacial score (nSPS) is 25.5. The summed E-state index contributed by atoms with van der Waals surface area (Å²) in [6.07, 6.45) is 4.18. The van der Waals surface area contributed by atoms with Crippen LogP contribution in [0.1, 0.15) is 52.9 Å². The van der Waals surface area contributed by atoms with Gasteiger partial charge in [0.1, 0.15) is 12.1 Å². The zero-order valence-corrected chi connectivity index (χ0v) is 15.8. The summed E-state index contributed by atoms with van der Waals surface area (Å²) >= 11 is 0. The molecule has 4 amide bonds. The van der Waals surface area contributed by atoms with Crippen LogP contribution < -0.4 is 10.6 Å². The highest BCUT2D eigenvalue weighted by atomic mass is 16.5. The molecule has 1 saturated carbocycles. The lowest BCUT2D eigenvalue weighted by molar-refractivity contribution is -0.151. The number of carbonyl (C=O) groups excluding carboxylic acids is 4. The van der Waals surface area contributed by atoms with Gasteiger partial charge in [0.2, 0.25) is 0 Å². The van der Waals surface area contributed by atoms with Crippen molar-refractivity contribution in [1.82, 2.24) is 15.5 Å². The molecule has 146 valence electrons. The maximum atomic E-state index is 12.7. The first kappa shape index (κ1) is 20.2. The first-order valence-corrected chi connectivity index (χ1v) is 9.32. The van der Waals surface area contributed by atoms with E-state index in [1.165, 1.54) is 0 Å². The third-order valence-electron chi connectivity index (χ3n) is 5.20. The summed E-state index contributed by atoms with van der Waals surface area (Å²) in [5.41, 5.74) is -0.899. The number of nitrogens with zero attached hydrogens (tertiary/aromatic N) is 1. The van der Waals surface area contributed by atoms with Crippen LogP contribution in [-0.2, 0) is 19.1 Å². The second kappa shape index (κ2) is 8.51. The highest BCUT2D eigenvalue weighted by Crippen LogP contribution is 2.38. The van der Waals surface area contributed by atoms with E-state index in [2.05, 4.69) is 10.6 Å². The topological polar surface area (TPSA) is 105 Å². The van der Waals surface area contributed by atoms with E-state index in [0.717, 1.165) is 30.6 Å². The van der Waals surface area contributed by atoms with Crippen LogP contribution in [0, 0.1) is 11.8 Å². The molecule has 2 N–H and O–H groups in total. The number of hydrogen-bond acceptors (Lipinski definition) is 5. The number of ether oxygens (including phenoxy) is 1. The van der Waals surface area contributed by atoms with E-state index in [-0.39, 0.29) is 11.8 Å². The molecule has 2 aliphatic rings. The molecule has 8 nitrogen and oxygen atoms in total. The van der Waals surface area contributed by atoms with Crippen molar-refractivity contribution >= 4 is 23.8 Å². The average Bonchev–Trinajstić information content (AvgIpc) is 2.80. The largest absolute Gasteiger partial charge is 0.454 e. The summed E-state index contributed by atoms with van der Waals surface area (Å²) in [4.78, 5) is 49.4. The molecule has 2 atom stereocenters. The molecule has 1 spiro atoms. The maximum Gasteiger partial charge on any atom is 0.326 e. The molecule has 1 heterocycles. The molecular formula is C18H29N3O5. The van der Waals surface area contributed by atoms with E-state index in [4.69, 9.17) is 4.74 Å². The van der Waals surface area contributed by atoms with Crippen LogP contribution in [0.25, 0.3) is 0 Å². The van der Waals surface area contributed by atoms with Crippen molar-refractivity contribution in [2.24, 2.45) is 11.8 Å². The number of hydrogen-bond donors (Lipinski definition) is 2. The Bertz CT molecular complexity index is 577. The van der Waals surface area contributed by atoms with Crippen molar-refractivity contribution in [3.05, 3.63) is 0 Å². The number of imide groups is 1. The van der Waals surface area contributed by atoms with Gasteiger partial charge in [-0.15, -0.1) is 0 Å². The highest BCUT2D eigenvalue weighted by Gasteiger charge is 2.55. The van der Waals surface area contributed by atoms with Crippen LogP contribution in [0.3, 0.4) is 0 Å². The minimum absolute atomic E-state index is 0.0282. The van der Waals surface area contributed by atoms with Crippen LogP contribution in [0.5, 0.6) is 0 Å². The Hall–Kier alpha value is -2.12. The van der Waals surface area contributed by atoms with E-state index in [1.807, 2.05) is 20.8 Å². The minimum atomic E-state index is -0.899. The zero-order chi connectivity index (χ0) is 19.3. The van der Waals surface area contributed by atoms with Crippen molar-refractivity contribution in [1.29, 1.82) is 0 Å². The molecule has 2 unspecified atom stereocenters. The number of amides is 4. The molecule has 2 rings (SSSR count). The standard InChI is InChI=1S/C18H29N3O5/c1-12(2)7-9-19-14(22)11-26-15(23)10-21-16(24)18(20-17(21)25)8-5-4-6-13(18)3/h12-13H,4-11H2,1-3H3,(H,19,22)(H,20,25). The van der Waals surface area contributed by atoms with Crippen molar-refractivity contribution in [3.8, 4) is 0 Å². The van der Waals surface area contributed by atoms with Crippen LogP contribution in [0.2, 0.25) is 0 Å².